The zero-order valence-corrected chi connectivity index (χ0v) is 29.1. The Morgan fingerprint density at radius 2 is 0.981 bits per heavy atom. The highest BCUT2D eigenvalue weighted by molar-refractivity contribution is 6.21. The van der Waals surface area contributed by atoms with Crippen LogP contribution in [-0.2, 0) is 0 Å². The quantitative estimate of drug-likeness (QED) is 0.185. The number of aromatic nitrogens is 4. The third kappa shape index (κ3) is 4.13. The summed E-state index contributed by atoms with van der Waals surface area (Å²) in [7, 11) is 0. The fourth-order valence-corrected chi connectivity index (χ4v) is 8.87. The van der Waals surface area contributed by atoms with Crippen LogP contribution in [-0.4, -0.2) is 19.1 Å². The van der Waals surface area contributed by atoms with E-state index >= 15 is 0 Å². The van der Waals surface area contributed by atoms with Gasteiger partial charge in [-0.15, -0.1) is 0 Å². The number of fused-ring (bicyclic) bond motifs is 11. The number of hydrogen-bond acceptors (Lipinski definition) is 2. The first-order chi connectivity index (χ1) is 26.8. The molecule has 54 heavy (non-hydrogen) atoms. The summed E-state index contributed by atoms with van der Waals surface area (Å²) in [6.45, 7) is 0. The van der Waals surface area contributed by atoms with E-state index in [0.29, 0.717) is 5.95 Å². The van der Waals surface area contributed by atoms with Crippen LogP contribution in [0, 0.1) is 0 Å². The van der Waals surface area contributed by atoms with Crippen LogP contribution in [0.25, 0.3) is 110 Å². The van der Waals surface area contributed by atoms with E-state index in [-0.39, 0.29) is 0 Å². The van der Waals surface area contributed by atoms with Gasteiger partial charge in [-0.25, -0.2) is 9.97 Å². The fraction of sp³-hybridized carbons (Fsp3) is 0. The molecule has 0 fully saturated rings. The van der Waals surface area contributed by atoms with Crippen LogP contribution in [0.5, 0.6) is 0 Å². The summed E-state index contributed by atoms with van der Waals surface area (Å²) in [4.78, 5) is 10.9. The fourth-order valence-electron chi connectivity index (χ4n) is 8.87. The second-order valence-corrected chi connectivity index (χ2v) is 14.2. The first-order valence-corrected chi connectivity index (χ1v) is 18.4. The molecule has 3 heterocycles. The Labute approximate surface area is 309 Å². The molecule has 0 spiro atoms. The summed E-state index contributed by atoms with van der Waals surface area (Å²) >= 11 is 0. The van der Waals surface area contributed by atoms with Gasteiger partial charge in [-0.2, -0.15) is 0 Å². The number of nitrogens with zero attached hydrogens (tertiary/aromatic N) is 4. The van der Waals surface area contributed by atoms with Gasteiger partial charge in [0.2, 0.25) is 5.95 Å². The first kappa shape index (κ1) is 29.3. The molecular weight excluding hydrogens is 657 g/mol. The summed E-state index contributed by atoms with van der Waals surface area (Å²) in [5.74, 6) is 0.650. The van der Waals surface area contributed by atoms with Crippen LogP contribution in [0.4, 0.5) is 0 Å². The van der Waals surface area contributed by atoms with Gasteiger partial charge in [0.05, 0.1) is 33.3 Å². The molecule has 0 atom stereocenters. The molecule has 9 aromatic carbocycles. The molecule has 0 aliphatic heterocycles. The molecule has 0 radical (unpaired) electrons. The van der Waals surface area contributed by atoms with Crippen molar-refractivity contribution >= 4 is 86.8 Å². The number of para-hydroxylation sites is 2. The van der Waals surface area contributed by atoms with Crippen molar-refractivity contribution in [2.75, 3.05) is 0 Å². The Morgan fingerprint density at radius 1 is 0.333 bits per heavy atom. The van der Waals surface area contributed by atoms with Crippen molar-refractivity contribution < 1.29 is 0 Å². The number of hydrogen-bond donors (Lipinski definition) is 0. The van der Waals surface area contributed by atoms with Crippen molar-refractivity contribution in [3.8, 4) is 22.9 Å². The minimum absolute atomic E-state index is 0.650. The SMILES string of the molecule is c1ccc2cc3c(cc2c1)c1ccc(-n2c4ccccc4c4c5ccccc5ccc42)cc1n3-c1nc(-c2cccc3ccccc23)c2ccccc2n1. The molecule has 4 heteroatoms. The standard InChI is InChI=1S/C50H30N4/c1-2-15-34-29-46-42(28-33(34)14-1)38-26-25-35(53-44-23-10-8-20-41(44)48-37-18-6-4-13-32(37)24-27-45(48)53)30-47(38)54(46)50-51-43-22-9-7-19-40(43)49(52-50)39-21-11-16-31-12-3-5-17-36(31)39/h1-30H. The van der Waals surface area contributed by atoms with Crippen LogP contribution in [0.3, 0.4) is 0 Å². The monoisotopic (exact) mass is 686 g/mol. The molecule has 0 unspecified atom stereocenters. The maximum Gasteiger partial charge on any atom is 0.235 e. The summed E-state index contributed by atoms with van der Waals surface area (Å²) in [5.41, 5.74) is 8.52. The second-order valence-electron chi connectivity index (χ2n) is 14.2. The van der Waals surface area contributed by atoms with E-state index < -0.39 is 0 Å². The summed E-state index contributed by atoms with van der Waals surface area (Å²) in [6, 6.07) is 65.5. The van der Waals surface area contributed by atoms with Crippen LogP contribution in [0.1, 0.15) is 0 Å². The highest BCUT2D eigenvalue weighted by Gasteiger charge is 2.21. The molecule has 12 aromatic rings. The Morgan fingerprint density at radius 3 is 1.83 bits per heavy atom. The summed E-state index contributed by atoms with van der Waals surface area (Å²) in [5, 5.41) is 13.1. The summed E-state index contributed by atoms with van der Waals surface area (Å²) < 4.78 is 4.70. The van der Waals surface area contributed by atoms with Crippen LogP contribution >= 0.6 is 0 Å². The molecule has 0 saturated heterocycles. The number of rotatable bonds is 3. The molecule has 4 nitrogen and oxygen atoms in total. The van der Waals surface area contributed by atoms with Crippen molar-refractivity contribution in [1.82, 2.24) is 19.1 Å². The molecule has 0 N–H and O–H groups in total. The second kappa shape index (κ2) is 11.1. The number of benzene rings is 9. The van der Waals surface area contributed by atoms with Gasteiger partial charge in [0.15, 0.2) is 0 Å². The zero-order valence-electron chi connectivity index (χ0n) is 29.1. The molecule has 0 aliphatic rings. The Hall–Kier alpha value is -7.30. The van der Waals surface area contributed by atoms with Crippen molar-refractivity contribution in [1.29, 1.82) is 0 Å². The molecule has 0 amide bonds. The molecular formula is C50H30N4. The van der Waals surface area contributed by atoms with E-state index in [1.165, 1.54) is 59.5 Å². The third-order valence-electron chi connectivity index (χ3n) is 11.3. The predicted molar refractivity (Wildman–Crippen MR) is 226 cm³/mol. The highest BCUT2D eigenvalue weighted by Crippen LogP contribution is 2.41. The predicted octanol–water partition coefficient (Wildman–Crippen LogP) is 13.0. The average molecular weight is 687 g/mol. The minimum atomic E-state index is 0.650. The van der Waals surface area contributed by atoms with E-state index in [9.17, 15) is 0 Å². The average Bonchev–Trinajstić information content (AvgIpc) is 3.74. The van der Waals surface area contributed by atoms with E-state index in [2.05, 4.69) is 191 Å². The van der Waals surface area contributed by atoms with Crippen LogP contribution < -0.4 is 0 Å². The molecule has 0 aliphatic carbocycles. The Balaban J connectivity index is 1.21. The van der Waals surface area contributed by atoms with Crippen LogP contribution in [0.15, 0.2) is 182 Å². The maximum absolute atomic E-state index is 5.52. The van der Waals surface area contributed by atoms with Crippen LogP contribution in [0.2, 0.25) is 0 Å². The normalized spacial score (nSPS) is 12.1. The molecule has 0 saturated carbocycles. The lowest BCUT2D eigenvalue weighted by atomic mass is 9.99. The Kier molecular flexibility index (Phi) is 6.02. The van der Waals surface area contributed by atoms with Crippen molar-refractivity contribution in [2.24, 2.45) is 0 Å². The van der Waals surface area contributed by atoms with Gasteiger partial charge in [0.25, 0.3) is 0 Å². The van der Waals surface area contributed by atoms with Gasteiger partial charge < -0.3 is 4.57 Å². The van der Waals surface area contributed by atoms with E-state index in [0.717, 1.165) is 44.3 Å². The highest BCUT2D eigenvalue weighted by atomic mass is 15.2. The van der Waals surface area contributed by atoms with Crippen molar-refractivity contribution in [3.05, 3.63) is 182 Å². The first-order valence-electron chi connectivity index (χ1n) is 18.4. The van der Waals surface area contributed by atoms with E-state index in [4.69, 9.17) is 9.97 Å². The minimum Gasteiger partial charge on any atom is -0.309 e. The van der Waals surface area contributed by atoms with Gasteiger partial charge in [-0.3, -0.25) is 4.57 Å². The van der Waals surface area contributed by atoms with Gasteiger partial charge in [0, 0.05) is 38.2 Å². The largest absolute Gasteiger partial charge is 0.309 e. The maximum atomic E-state index is 5.52. The molecule has 12 rings (SSSR count). The molecule has 3 aromatic heterocycles. The topological polar surface area (TPSA) is 35.6 Å². The zero-order chi connectivity index (χ0) is 35.3. The van der Waals surface area contributed by atoms with Gasteiger partial charge in [-0.05, 0) is 74.8 Å². The van der Waals surface area contributed by atoms with Crippen molar-refractivity contribution in [2.45, 2.75) is 0 Å². The lowest BCUT2D eigenvalue weighted by Gasteiger charge is -2.14. The molecule has 0 bridgehead atoms. The molecule has 250 valence electrons. The summed E-state index contributed by atoms with van der Waals surface area (Å²) in [6.07, 6.45) is 0. The van der Waals surface area contributed by atoms with Gasteiger partial charge >= 0.3 is 0 Å². The Bertz CT molecular complexity index is 3510. The van der Waals surface area contributed by atoms with E-state index in [1.54, 1.807) is 0 Å². The van der Waals surface area contributed by atoms with Gasteiger partial charge in [0.1, 0.15) is 0 Å². The third-order valence-corrected chi connectivity index (χ3v) is 11.3. The van der Waals surface area contributed by atoms with Crippen molar-refractivity contribution in [3.63, 3.8) is 0 Å². The lowest BCUT2D eigenvalue weighted by molar-refractivity contribution is 1.01. The smallest absolute Gasteiger partial charge is 0.235 e. The van der Waals surface area contributed by atoms with Gasteiger partial charge in [-0.1, -0.05) is 140 Å². The van der Waals surface area contributed by atoms with E-state index in [1.807, 2.05) is 0 Å². The lowest BCUT2D eigenvalue weighted by Crippen LogP contribution is -2.04.